The fourth-order valence-corrected chi connectivity index (χ4v) is 2.10. The van der Waals surface area contributed by atoms with Crippen LogP contribution in [0.15, 0.2) is 0 Å². The van der Waals surface area contributed by atoms with E-state index in [0.29, 0.717) is 23.7 Å². The quantitative estimate of drug-likeness (QED) is 0.677. The summed E-state index contributed by atoms with van der Waals surface area (Å²) in [5.41, 5.74) is 5.78. The van der Waals surface area contributed by atoms with Gasteiger partial charge >= 0.3 is 0 Å². The molecule has 2 rings (SSSR count). The zero-order valence-corrected chi connectivity index (χ0v) is 7.46. The number of nitrogens with two attached hydrogens (primary N) is 1. The molecular weight excluding hydrogens is 150 g/mol. The smallest absolute Gasteiger partial charge is 0.139 e. The van der Waals surface area contributed by atoms with Gasteiger partial charge in [0.25, 0.3) is 0 Å². The molecule has 68 valence electrons. The van der Waals surface area contributed by atoms with E-state index in [0.717, 1.165) is 38.5 Å². The molecule has 0 aromatic rings. The first-order valence-corrected chi connectivity index (χ1v) is 5.06. The predicted octanol–water partition coefficient (Wildman–Crippen LogP) is 1.48. The minimum atomic E-state index is 0.369. The van der Waals surface area contributed by atoms with E-state index in [2.05, 4.69) is 0 Å². The summed E-state index contributed by atoms with van der Waals surface area (Å²) in [6.07, 6.45) is 6.53. The molecule has 0 radical (unpaired) electrons. The van der Waals surface area contributed by atoms with Crippen LogP contribution in [0.1, 0.15) is 38.5 Å². The second-order valence-corrected chi connectivity index (χ2v) is 4.29. The van der Waals surface area contributed by atoms with Gasteiger partial charge in [-0.05, 0) is 38.5 Å². The molecule has 0 saturated heterocycles. The largest absolute Gasteiger partial charge is 0.328 e. The van der Waals surface area contributed by atoms with Crippen molar-refractivity contribution in [2.45, 2.75) is 44.6 Å². The number of Topliss-reactive ketones (excluding diaryl/α,β-unsaturated/α-hetero) is 1. The average Bonchev–Trinajstić information content (AvgIpc) is 2.87. The summed E-state index contributed by atoms with van der Waals surface area (Å²) >= 11 is 0. The van der Waals surface area contributed by atoms with Gasteiger partial charge in [-0.15, -0.1) is 0 Å². The molecule has 12 heavy (non-hydrogen) atoms. The Morgan fingerprint density at radius 1 is 0.917 bits per heavy atom. The van der Waals surface area contributed by atoms with Crippen molar-refractivity contribution in [2.75, 3.05) is 0 Å². The summed E-state index contributed by atoms with van der Waals surface area (Å²) in [7, 11) is 0. The van der Waals surface area contributed by atoms with E-state index in [1.54, 1.807) is 0 Å². The SMILES string of the molecule is NC1CCC(C(=O)C2CC2)CC1. The van der Waals surface area contributed by atoms with E-state index in [9.17, 15) is 4.79 Å². The fraction of sp³-hybridized carbons (Fsp3) is 0.900. The highest BCUT2D eigenvalue weighted by Gasteiger charge is 2.35. The van der Waals surface area contributed by atoms with Crippen molar-refractivity contribution in [2.24, 2.45) is 17.6 Å². The molecule has 2 aliphatic rings. The maximum Gasteiger partial charge on any atom is 0.139 e. The van der Waals surface area contributed by atoms with E-state index in [1.165, 1.54) is 0 Å². The number of carbonyl (C=O) groups is 1. The second kappa shape index (κ2) is 3.17. The summed E-state index contributed by atoms with van der Waals surface area (Å²) in [5, 5.41) is 0. The molecule has 0 aliphatic heterocycles. The molecule has 0 amide bonds. The van der Waals surface area contributed by atoms with Crippen LogP contribution in [0.4, 0.5) is 0 Å². The lowest BCUT2D eigenvalue weighted by atomic mass is 9.82. The van der Waals surface area contributed by atoms with Gasteiger partial charge in [-0.3, -0.25) is 4.79 Å². The first-order valence-electron chi connectivity index (χ1n) is 5.06. The normalized spacial score (nSPS) is 36.4. The number of hydrogen-bond donors (Lipinski definition) is 1. The lowest BCUT2D eigenvalue weighted by molar-refractivity contribution is -0.125. The van der Waals surface area contributed by atoms with Crippen molar-refractivity contribution in [1.29, 1.82) is 0 Å². The Hall–Kier alpha value is -0.370. The van der Waals surface area contributed by atoms with Gasteiger partial charge < -0.3 is 5.73 Å². The van der Waals surface area contributed by atoms with E-state index in [4.69, 9.17) is 5.73 Å². The third-order valence-electron chi connectivity index (χ3n) is 3.15. The number of carbonyl (C=O) groups excluding carboxylic acids is 1. The monoisotopic (exact) mass is 167 g/mol. The minimum absolute atomic E-state index is 0.369. The van der Waals surface area contributed by atoms with E-state index in [-0.39, 0.29) is 0 Å². The van der Waals surface area contributed by atoms with Gasteiger partial charge in [-0.25, -0.2) is 0 Å². The van der Waals surface area contributed by atoms with Crippen LogP contribution in [0.3, 0.4) is 0 Å². The van der Waals surface area contributed by atoms with Crippen LogP contribution in [-0.2, 0) is 4.79 Å². The molecule has 0 heterocycles. The Balaban J connectivity index is 1.84. The van der Waals surface area contributed by atoms with Crippen LogP contribution in [0.2, 0.25) is 0 Å². The first kappa shape index (κ1) is 8.24. The Morgan fingerprint density at radius 3 is 1.75 bits per heavy atom. The molecule has 2 N–H and O–H groups in total. The second-order valence-electron chi connectivity index (χ2n) is 4.29. The van der Waals surface area contributed by atoms with Gasteiger partial charge in [0.2, 0.25) is 0 Å². The highest BCUT2D eigenvalue weighted by molar-refractivity contribution is 5.85. The van der Waals surface area contributed by atoms with Crippen LogP contribution in [0.5, 0.6) is 0 Å². The summed E-state index contributed by atoms with van der Waals surface area (Å²) in [5.74, 6) is 1.36. The van der Waals surface area contributed by atoms with Crippen LogP contribution < -0.4 is 5.73 Å². The van der Waals surface area contributed by atoms with Crippen molar-refractivity contribution in [3.63, 3.8) is 0 Å². The molecule has 0 bridgehead atoms. The maximum absolute atomic E-state index is 11.6. The van der Waals surface area contributed by atoms with Gasteiger partial charge in [-0.2, -0.15) is 0 Å². The molecule has 2 nitrogen and oxygen atoms in total. The summed E-state index contributed by atoms with van der Waals surface area (Å²) in [4.78, 5) is 11.6. The highest BCUT2D eigenvalue weighted by Crippen LogP contribution is 2.36. The van der Waals surface area contributed by atoms with Crippen molar-refractivity contribution < 1.29 is 4.79 Å². The molecule has 2 saturated carbocycles. The summed E-state index contributed by atoms with van der Waals surface area (Å²) < 4.78 is 0. The molecule has 0 aromatic heterocycles. The van der Waals surface area contributed by atoms with E-state index < -0.39 is 0 Å². The number of rotatable bonds is 2. The minimum Gasteiger partial charge on any atom is -0.328 e. The zero-order valence-electron chi connectivity index (χ0n) is 7.46. The third kappa shape index (κ3) is 1.69. The standard InChI is InChI=1S/C10H17NO/c11-9-5-3-8(4-6-9)10(12)7-1-2-7/h7-9H,1-6,11H2. The van der Waals surface area contributed by atoms with Crippen LogP contribution in [-0.4, -0.2) is 11.8 Å². The predicted molar refractivity (Wildman–Crippen MR) is 47.7 cm³/mol. The lowest BCUT2D eigenvalue weighted by Gasteiger charge is -2.24. The van der Waals surface area contributed by atoms with Gasteiger partial charge in [0.1, 0.15) is 5.78 Å². The fourth-order valence-electron chi connectivity index (χ4n) is 2.10. The zero-order chi connectivity index (χ0) is 8.55. The summed E-state index contributed by atoms with van der Waals surface area (Å²) in [6, 6.07) is 0.369. The van der Waals surface area contributed by atoms with Crippen molar-refractivity contribution in [3.8, 4) is 0 Å². The van der Waals surface area contributed by atoms with Crippen LogP contribution in [0.25, 0.3) is 0 Å². The van der Waals surface area contributed by atoms with Gasteiger partial charge in [0.15, 0.2) is 0 Å². The number of hydrogen-bond acceptors (Lipinski definition) is 2. The van der Waals surface area contributed by atoms with Crippen molar-refractivity contribution in [1.82, 2.24) is 0 Å². The first-order chi connectivity index (χ1) is 5.77. The molecule has 2 aliphatic carbocycles. The van der Waals surface area contributed by atoms with Crippen LogP contribution >= 0.6 is 0 Å². The summed E-state index contributed by atoms with van der Waals surface area (Å²) in [6.45, 7) is 0. The lowest BCUT2D eigenvalue weighted by Crippen LogP contribution is -2.30. The molecule has 2 heteroatoms. The maximum atomic E-state index is 11.6. The highest BCUT2D eigenvalue weighted by atomic mass is 16.1. The number of ketones is 1. The molecule has 0 aromatic carbocycles. The topological polar surface area (TPSA) is 43.1 Å². The van der Waals surface area contributed by atoms with Crippen molar-refractivity contribution >= 4 is 5.78 Å². The Morgan fingerprint density at radius 2 is 1.33 bits per heavy atom. The molecular formula is C10H17NO. The third-order valence-corrected chi connectivity index (χ3v) is 3.15. The van der Waals surface area contributed by atoms with E-state index in [1.807, 2.05) is 0 Å². The molecule has 2 fully saturated rings. The van der Waals surface area contributed by atoms with Crippen molar-refractivity contribution in [3.05, 3.63) is 0 Å². The Bertz CT molecular complexity index is 178. The van der Waals surface area contributed by atoms with Gasteiger partial charge in [0, 0.05) is 17.9 Å². The Labute approximate surface area is 73.5 Å². The molecule has 0 atom stereocenters. The van der Waals surface area contributed by atoms with Crippen LogP contribution in [0, 0.1) is 11.8 Å². The average molecular weight is 167 g/mol. The van der Waals surface area contributed by atoms with Gasteiger partial charge in [0.05, 0.1) is 0 Å². The van der Waals surface area contributed by atoms with Gasteiger partial charge in [-0.1, -0.05) is 0 Å². The van der Waals surface area contributed by atoms with E-state index >= 15 is 0 Å². The molecule has 0 spiro atoms. The Kier molecular flexibility index (Phi) is 2.18. The molecule has 0 unspecified atom stereocenters.